The van der Waals surface area contributed by atoms with Crippen molar-refractivity contribution in [3.05, 3.63) is 29.4 Å². The second kappa shape index (κ2) is 4.92. The van der Waals surface area contributed by atoms with Crippen molar-refractivity contribution in [2.75, 3.05) is 5.32 Å². The van der Waals surface area contributed by atoms with E-state index < -0.39 is 5.97 Å². The van der Waals surface area contributed by atoms with E-state index in [1.54, 1.807) is 18.3 Å². The van der Waals surface area contributed by atoms with Gasteiger partial charge < -0.3 is 10.4 Å². The Kier molecular flexibility index (Phi) is 3.33. The zero-order valence-corrected chi connectivity index (χ0v) is 10.2. The van der Waals surface area contributed by atoms with Gasteiger partial charge in [-0.2, -0.15) is 0 Å². The Balaban J connectivity index is 2.48. The Bertz CT molecular complexity index is 595. The quantitative estimate of drug-likeness (QED) is 0.881. The van der Waals surface area contributed by atoms with E-state index in [0.717, 1.165) is 11.3 Å². The highest BCUT2D eigenvalue weighted by molar-refractivity contribution is 7.18. The zero-order chi connectivity index (χ0) is 13.1. The average Bonchev–Trinajstić information content (AvgIpc) is 2.73. The molecule has 0 atom stereocenters. The first kappa shape index (κ1) is 12.2. The number of nitrogens with one attached hydrogen (secondary N) is 1. The fourth-order valence-electron chi connectivity index (χ4n) is 1.37. The summed E-state index contributed by atoms with van der Waals surface area (Å²) in [4.78, 5) is 30.2. The molecule has 2 aromatic rings. The average molecular weight is 263 g/mol. The number of carboxylic acids is 1. The van der Waals surface area contributed by atoms with Crippen LogP contribution in [0.5, 0.6) is 0 Å². The van der Waals surface area contributed by atoms with Gasteiger partial charge in [-0.25, -0.2) is 9.78 Å². The maximum absolute atomic E-state index is 11.1. The van der Waals surface area contributed by atoms with E-state index in [4.69, 9.17) is 5.11 Å². The van der Waals surface area contributed by atoms with Crippen LogP contribution < -0.4 is 5.32 Å². The number of carbonyl (C=O) groups is 2. The highest BCUT2D eigenvalue weighted by Crippen LogP contribution is 2.30. The first-order valence-electron chi connectivity index (χ1n) is 5.00. The van der Waals surface area contributed by atoms with Crippen LogP contribution in [0.25, 0.3) is 11.3 Å². The minimum atomic E-state index is -1.08. The number of anilines is 1. The summed E-state index contributed by atoms with van der Waals surface area (Å²) in [5, 5.41) is 11.8. The highest BCUT2D eigenvalue weighted by atomic mass is 32.1. The first-order chi connectivity index (χ1) is 8.58. The second-order valence-corrected chi connectivity index (χ2v) is 4.42. The molecule has 0 fully saturated rings. The molecule has 0 aliphatic heterocycles. The molecule has 2 N–H and O–H groups in total. The van der Waals surface area contributed by atoms with Gasteiger partial charge in [0.1, 0.15) is 4.88 Å². The highest BCUT2D eigenvalue weighted by Gasteiger charge is 2.19. The molecule has 0 aromatic carbocycles. The zero-order valence-electron chi connectivity index (χ0n) is 9.38. The summed E-state index contributed by atoms with van der Waals surface area (Å²) >= 11 is 0.920. The molecule has 0 aliphatic rings. The van der Waals surface area contributed by atoms with Crippen molar-refractivity contribution in [1.29, 1.82) is 0 Å². The second-order valence-electron chi connectivity index (χ2n) is 3.42. The van der Waals surface area contributed by atoms with Gasteiger partial charge >= 0.3 is 5.97 Å². The summed E-state index contributed by atoms with van der Waals surface area (Å²) in [7, 11) is 0. The molecule has 0 aliphatic carbocycles. The number of hydrogen-bond acceptors (Lipinski definition) is 5. The topological polar surface area (TPSA) is 92.2 Å². The van der Waals surface area contributed by atoms with Gasteiger partial charge in [0.25, 0.3) is 0 Å². The van der Waals surface area contributed by atoms with Crippen LogP contribution in [0.15, 0.2) is 24.5 Å². The van der Waals surface area contributed by atoms with Crippen molar-refractivity contribution in [3.8, 4) is 11.3 Å². The minimum Gasteiger partial charge on any atom is -0.477 e. The maximum atomic E-state index is 11.1. The Morgan fingerprint density at radius 3 is 2.78 bits per heavy atom. The third kappa shape index (κ3) is 2.51. The maximum Gasteiger partial charge on any atom is 0.348 e. The fourth-order valence-corrected chi connectivity index (χ4v) is 2.24. The number of amides is 1. The number of nitrogens with zero attached hydrogens (tertiary/aromatic N) is 2. The molecular formula is C11H9N3O3S. The van der Waals surface area contributed by atoms with E-state index in [1.807, 2.05) is 0 Å². The molecule has 0 unspecified atom stereocenters. The lowest BCUT2D eigenvalue weighted by Crippen LogP contribution is -2.04. The SMILES string of the molecule is CC(=O)Nc1nc(-c2cccnc2)c(C(=O)O)s1. The van der Waals surface area contributed by atoms with Crippen LogP contribution >= 0.6 is 11.3 Å². The molecule has 2 heterocycles. The first-order valence-corrected chi connectivity index (χ1v) is 5.81. The predicted octanol–water partition coefficient (Wildman–Crippen LogP) is 1.86. The van der Waals surface area contributed by atoms with Gasteiger partial charge in [-0.15, -0.1) is 0 Å². The van der Waals surface area contributed by atoms with Gasteiger partial charge in [0.15, 0.2) is 5.13 Å². The fraction of sp³-hybridized carbons (Fsp3) is 0.0909. The normalized spacial score (nSPS) is 10.1. The number of carbonyl (C=O) groups excluding carboxylic acids is 1. The van der Waals surface area contributed by atoms with Crippen LogP contribution in [0.1, 0.15) is 16.6 Å². The molecule has 0 bridgehead atoms. The summed E-state index contributed by atoms with van der Waals surface area (Å²) < 4.78 is 0. The number of pyridine rings is 1. The summed E-state index contributed by atoms with van der Waals surface area (Å²) in [6.07, 6.45) is 3.12. The van der Waals surface area contributed by atoms with Crippen molar-refractivity contribution in [3.63, 3.8) is 0 Å². The molecular weight excluding hydrogens is 254 g/mol. The summed E-state index contributed by atoms with van der Waals surface area (Å²) in [6.45, 7) is 1.34. The lowest BCUT2D eigenvalue weighted by atomic mass is 10.2. The molecule has 18 heavy (non-hydrogen) atoms. The van der Waals surface area contributed by atoms with Gasteiger partial charge in [-0.3, -0.25) is 9.78 Å². The van der Waals surface area contributed by atoms with E-state index in [1.165, 1.54) is 13.1 Å². The number of rotatable bonds is 3. The molecule has 0 saturated heterocycles. The Morgan fingerprint density at radius 1 is 1.44 bits per heavy atom. The van der Waals surface area contributed by atoms with Crippen LogP contribution in [0, 0.1) is 0 Å². The molecule has 2 aromatic heterocycles. The summed E-state index contributed by atoms with van der Waals surface area (Å²) in [5.41, 5.74) is 0.909. The molecule has 92 valence electrons. The van der Waals surface area contributed by atoms with Crippen molar-refractivity contribution in [2.24, 2.45) is 0 Å². The molecule has 0 spiro atoms. The van der Waals surface area contributed by atoms with E-state index in [0.29, 0.717) is 11.3 Å². The molecule has 0 radical (unpaired) electrons. The summed E-state index contributed by atoms with van der Waals surface area (Å²) in [6, 6.07) is 3.41. The lowest BCUT2D eigenvalue weighted by molar-refractivity contribution is -0.114. The number of thiazole rings is 1. The number of aromatic carboxylic acids is 1. The van der Waals surface area contributed by atoms with Crippen molar-refractivity contribution in [1.82, 2.24) is 9.97 Å². The monoisotopic (exact) mass is 263 g/mol. The van der Waals surface area contributed by atoms with Crippen LogP contribution in [-0.4, -0.2) is 27.0 Å². The van der Waals surface area contributed by atoms with Gasteiger partial charge in [0.2, 0.25) is 5.91 Å². The Labute approximate surface area is 106 Å². The number of carboxylic acid groups (broad SMARTS) is 1. The Morgan fingerprint density at radius 2 is 2.22 bits per heavy atom. The van der Waals surface area contributed by atoms with E-state index in [-0.39, 0.29) is 15.9 Å². The third-order valence-electron chi connectivity index (χ3n) is 2.04. The largest absolute Gasteiger partial charge is 0.477 e. The van der Waals surface area contributed by atoms with Crippen molar-refractivity contribution in [2.45, 2.75) is 6.92 Å². The third-order valence-corrected chi connectivity index (χ3v) is 3.00. The van der Waals surface area contributed by atoms with Gasteiger partial charge in [0.05, 0.1) is 5.69 Å². The molecule has 1 amide bonds. The molecule has 2 rings (SSSR count). The van der Waals surface area contributed by atoms with Crippen molar-refractivity contribution < 1.29 is 14.7 Å². The van der Waals surface area contributed by atoms with Crippen LogP contribution in [0.4, 0.5) is 5.13 Å². The summed E-state index contributed by atoms with van der Waals surface area (Å²) in [5.74, 6) is -1.37. The van der Waals surface area contributed by atoms with E-state index >= 15 is 0 Å². The van der Waals surface area contributed by atoms with E-state index in [2.05, 4.69) is 15.3 Å². The van der Waals surface area contributed by atoms with Gasteiger partial charge in [0, 0.05) is 24.9 Å². The molecule has 0 saturated carbocycles. The number of aromatic nitrogens is 2. The minimum absolute atomic E-state index is 0.0757. The van der Waals surface area contributed by atoms with Gasteiger partial charge in [-0.05, 0) is 12.1 Å². The molecule has 6 nitrogen and oxygen atoms in total. The lowest BCUT2D eigenvalue weighted by Gasteiger charge is -1.96. The number of hydrogen-bond donors (Lipinski definition) is 2. The van der Waals surface area contributed by atoms with Gasteiger partial charge in [-0.1, -0.05) is 11.3 Å². The molecule has 7 heteroatoms. The van der Waals surface area contributed by atoms with E-state index in [9.17, 15) is 9.59 Å². The Hall–Kier alpha value is -2.28. The smallest absolute Gasteiger partial charge is 0.348 e. The van der Waals surface area contributed by atoms with Crippen molar-refractivity contribution >= 4 is 28.3 Å². The van der Waals surface area contributed by atoms with Crippen LogP contribution in [-0.2, 0) is 4.79 Å². The standard InChI is InChI=1S/C11H9N3O3S/c1-6(15)13-11-14-8(9(18-11)10(16)17)7-3-2-4-12-5-7/h2-5H,1H3,(H,16,17)(H,13,14,15). The van der Waals surface area contributed by atoms with Crippen LogP contribution in [0.3, 0.4) is 0 Å². The van der Waals surface area contributed by atoms with Crippen LogP contribution in [0.2, 0.25) is 0 Å². The predicted molar refractivity (Wildman–Crippen MR) is 66.6 cm³/mol.